The quantitative estimate of drug-likeness (QED) is 0.340. The molecule has 2 aliphatic carbocycles. The maximum absolute atomic E-state index is 14.1. The summed E-state index contributed by atoms with van der Waals surface area (Å²) in [5, 5.41) is 18.1. The summed E-state index contributed by atoms with van der Waals surface area (Å²) in [5.41, 5.74) is 2.24. The number of carbonyl (C=O) groups is 3. The number of halogens is 1. The molecule has 7 nitrogen and oxygen atoms in total. The van der Waals surface area contributed by atoms with Gasteiger partial charge in [0.15, 0.2) is 0 Å². The highest BCUT2D eigenvalue weighted by Crippen LogP contribution is 2.35. The molecule has 2 aromatic rings. The second-order valence-electron chi connectivity index (χ2n) is 10.8. The monoisotopic (exact) mass is 509 g/mol. The zero-order valence-electron chi connectivity index (χ0n) is 21.7. The van der Waals surface area contributed by atoms with E-state index < -0.39 is 29.3 Å². The van der Waals surface area contributed by atoms with Crippen molar-refractivity contribution in [1.82, 2.24) is 5.32 Å². The summed E-state index contributed by atoms with van der Waals surface area (Å²) in [5.74, 6) is -1.88. The third-order valence-electron chi connectivity index (χ3n) is 7.77. The van der Waals surface area contributed by atoms with Gasteiger partial charge in [-0.25, -0.2) is 14.0 Å². The van der Waals surface area contributed by atoms with Gasteiger partial charge in [0.25, 0.3) is 5.91 Å². The van der Waals surface area contributed by atoms with E-state index in [1.165, 1.54) is 31.4 Å². The summed E-state index contributed by atoms with van der Waals surface area (Å²) < 4.78 is 14.1. The van der Waals surface area contributed by atoms with Gasteiger partial charge in [0.1, 0.15) is 11.4 Å². The molecule has 2 saturated carbocycles. The van der Waals surface area contributed by atoms with Gasteiger partial charge in [0.2, 0.25) is 0 Å². The number of anilines is 2. The highest BCUT2D eigenvalue weighted by atomic mass is 19.1. The number of benzene rings is 2. The molecule has 0 aromatic heterocycles. The normalized spacial score (nSPS) is 17.5. The van der Waals surface area contributed by atoms with E-state index in [4.69, 9.17) is 0 Å². The molecular weight excluding hydrogens is 473 g/mol. The van der Waals surface area contributed by atoms with Crippen molar-refractivity contribution in [1.29, 1.82) is 0 Å². The van der Waals surface area contributed by atoms with Gasteiger partial charge in [-0.3, -0.25) is 4.79 Å². The smallest absolute Gasteiger partial charge is 0.329 e. The van der Waals surface area contributed by atoms with Crippen molar-refractivity contribution < 1.29 is 23.9 Å². The van der Waals surface area contributed by atoms with Crippen molar-refractivity contribution in [3.63, 3.8) is 0 Å². The zero-order valence-corrected chi connectivity index (χ0v) is 21.7. The first-order valence-corrected chi connectivity index (χ1v) is 13.1. The van der Waals surface area contributed by atoms with Gasteiger partial charge in [0, 0.05) is 5.69 Å². The van der Waals surface area contributed by atoms with Crippen LogP contribution in [0.2, 0.25) is 0 Å². The largest absolute Gasteiger partial charge is 0.480 e. The van der Waals surface area contributed by atoms with Gasteiger partial charge < -0.3 is 21.1 Å². The average molecular weight is 510 g/mol. The molecule has 0 heterocycles. The van der Waals surface area contributed by atoms with Crippen LogP contribution >= 0.6 is 0 Å². The Kier molecular flexibility index (Phi) is 7.85. The van der Waals surface area contributed by atoms with Gasteiger partial charge in [0.05, 0.1) is 11.3 Å². The highest BCUT2D eigenvalue weighted by Gasteiger charge is 2.43. The van der Waals surface area contributed by atoms with Crippen LogP contribution in [0.25, 0.3) is 0 Å². The number of aryl methyl sites for hydroxylation is 2. The number of aliphatic carboxylic acids is 1. The molecule has 2 aromatic carbocycles. The Morgan fingerprint density at radius 3 is 2.22 bits per heavy atom. The Bertz CT molecular complexity index is 1180. The first-order chi connectivity index (χ1) is 17.6. The van der Waals surface area contributed by atoms with Crippen LogP contribution in [0, 0.1) is 31.5 Å². The summed E-state index contributed by atoms with van der Waals surface area (Å²) in [7, 11) is 0. The number of rotatable bonds is 8. The first kappa shape index (κ1) is 26.6. The van der Waals surface area contributed by atoms with E-state index in [9.17, 15) is 23.9 Å². The third-order valence-corrected chi connectivity index (χ3v) is 7.77. The van der Waals surface area contributed by atoms with Crippen molar-refractivity contribution >= 4 is 29.3 Å². The predicted octanol–water partition coefficient (Wildman–Crippen LogP) is 6.19. The highest BCUT2D eigenvalue weighted by molar-refractivity contribution is 6.08. The van der Waals surface area contributed by atoms with Gasteiger partial charge >= 0.3 is 12.0 Å². The second kappa shape index (κ2) is 10.9. The Balaban J connectivity index is 1.51. The lowest BCUT2D eigenvalue weighted by atomic mass is 9.75. The number of amides is 3. The molecule has 2 aliphatic rings. The number of hydrogen-bond acceptors (Lipinski definition) is 3. The zero-order chi connectivity index (χ0) is 26.7. The lowest BCUT2D eigenvalue weighted by molar-refractivity contribution is -0.146. The van der Waals surface area contributed by atoms with Crippen molar-refractivity contribution in [3.05, 3.63) is 58.4 Å². The van der Waals surface area contributed by atoms with Crippen LogP contribution in [-0.2, 0) is 11.2 Å². The summed E-state index contributed by atoms with van der Waals surface area (Å²) in [6.45, 7) is 5.38. The fourth-order valence-electron chi connectivity index (χ4n) is 5.42. The SMILES string of the molecule is Cc1cc(CC2CC2)cc(C)c1NC(=O)Nc1cc(F)ccc1C(=O)N[C@](C)(C(=O)O)C1CCCCC1. The molecule has 8 heteroatoms. The Labute approximate surface area is 217 Å². The van der Waals surface area contributed by atoms with E-state index >= 15 is 0 Å². The van der Waals surface area contributed by atoms with Gasteiger partial charge in [-0.2, -0.15) is 0 Å². The van der Waals surface area contributed by atoms with Gasteiger partial charge in [-0.15, -0.1) is 0 Å². The molecule has 0 bridgehead atoms. The summed E-state index contributed by atoms with van der Waals surface area (Å²) >= 11 is 0. The number of hydrogen-bond donors (Lipinski definition) is 4. The number of carbonyl (C=O) groups excluding carboxylic acids is 2. The Hall–Kier alpha value is -3.42. The molecule has 1 atom stereocenters. The van der Waals surface area contributed by atoms with Crippen molar-refractivity contribution in [2.75, 3.05) is 10.6 Å². The second-order valence-corrected chi connectivity index (χ2v) is 10.8. The molecule has 0 radical (unpaired) electrons. The number of carboxylic acid groups (broad SMARTS) is 1. The molecular formula is C29H36FN3O4. The van der Waals surface area contributed by atoms with Crippen LogP contribution in [-0.4, -0.2) is 28.6 Å². The molecule has 0 spiro atoms. The van der Waals surface area contributed by atoms with Crippen LogP contribution in [0.15, 0.2) is 30.3 Å². The fourth-order valence-corrected chi connectivity index (χ4v) is 5.42. The van der Waals surface area contributed by atoms with Crippen molar-refractivity contribution in [2.45, 2.75) is 77.7 Å². The lowest BCUT2D eigenvalue weighted by Gasteiger charge is -2.37. The maximum Gasteiger partial charge on any atom is 0.329 e. The fraction of sp³-hybridized carbons (Fsp3) is 0.483. The van der Waals surface area contributed by atoms with Gasteiger partial charge in [-0.05, 0) is 99.6 Å². The van der Waals surface area contributed by atoms with Crippen LogP contribution in [0.1, 0.15) is 78.9 Å². The lowest BCUT2D eigenvalue weighted by Crippen LogP contribution is -2.57. The molecule has 4 rings (SSSR count). The Morgan fingerprint density at radius 2 is 1.62 bits per heavy atom. The minimum Gasteiger partial charge on any atom is -0.480 e. The van der Waals surface area contributed by atoms with E-state index in [2.05, 4.69) is 28.1 Å². The van der Waals surface area contributed by atoms with E-state index in [-0.39, 0.29) is 17.2 Å². The minimum absolute atomic E-state index is 0.00643. The predicted molar refractivity (Wildman–Crippen MR) is 141 cm³/mol. The first-order valence-electron chi connectivity index (χ1n) is 13.1. The minimum atomic E-state index is -1.47. The summed E-state index contributed by atoms with van der Waals surface area (Å²) in [6, 6.07) is 6.95. The molecule has 2 fully saturated rings. The topological polar surface area (TPSA) is 108 Å². The summed E-state index contributed by atoms with van der Waals surface area (Å²) in [4.78, 5) is 38.4. The van der Waals surface area contributed by atoms with Crippen molar-refractivity contribution in [3.8, 4) is 0 Å². The molecule has 4 N–H and O–H groups in total. The molecule has 0 unspecified atom stereocenters. The average Bonchev–Trinajstić information content (AvgIpc) is 3.66. The molecule has 37 heavy (non-hydrogen) atoms. The number of nitrogens with one attached hydrogen (secondary N) is 3. The number of urea groups is 1. The van der Waals surface area contributed by atoms with E-state index in [1.54, 1.807) is 0 Å². The van der Waals surface area contributed by atoms with Crippen LogP contribution in [0.3, 0.4) is 0 Å². The van der Waals surface area contributed by atoms with E-state index in [0.717, 1.165) is 54.9 Å². The van der Waals surface area contributed by atoms with Crippen LogP contribution in [0.5, 0.6) is 0 Å². The van der Waals surface area contributed by atoms with E-state index in [1.807, 2.05) is 13.8 Å². The molecule has 0 aliphatic heterocycles. The Morgan fingerprint density at radius 1 is 0.973 bits per heavy atom. The van der Waals surface area contributed by atoms with Crippen LogP contribution in [0.4, 0.5) is 20.6 Å². The molecule has 3 amide bonds. The van der Waals surface area contributed by atoms with Gasteiger partial charge in [-0.1, -0.05) is 31.4 Å². The van der Waals surface area contributed by atoms with E-state index in [0.29, 0.717) is 18.5 Å². The van der Waals surface area contributed by atoms with Crippen molar-refractivity contribution in [2.24, 2.45) is 11.8 Å². The standard InChI is InChI=1S/C29H36FN3O4/c1-17-13-20(15-19-9-10-19)14-18(2)25(17)32-28(37)31-24-16-22(30)11-12-23(24)26(34)33-29(3,27(35)36)21-7-5-4-6-8-21/h11-14,16,19,21H,4-10,15H2,1-3H3,(H,33,34)(H,35,36)(H2,31,32,37)/t29-/m0/s1. The number of carboxylic acids is 1. The molecule has 0 saturated heterocycles. The third kappa shape index (κ3) is 6.29. The molecule has 198 valence electrons. The maximum atomic E-state index is 14.1. The summed E-state index contributed by atoms with van der Waals surface area (Å²) in [6.07, 6.45) is 7.83. The van der Waals surface area contributed by atoms with Crippen LogP contribution < -0.4 is 16.0 Å².